The zero-order chi connectivity index (χ0) is 20.5. The van der Waals surface area contributed by atoms with Crippen LogP contribution in [0.25, 0.3) is 6.08 Å². The quantitative estimate of drug-likeness (QED) is 0.836. The Morgan fingerprint density at radius 1 is 1.21 bits per heavy atom. The first-order chi connectivity index (χ1) is 13.2. The average Bonchev–Trinajstić information content (AvgIpc) is 2.66. The molecule has 5 nitrogen and oxygen atoms in total. The van der Waals surface area contributed by atoms with Crippen LogP contribution < -0.4 is 5.32 Å². The zero-order valence-electron chi connectivity index (χ0n) is 15.9. The Morgan fingerprint density at radius 3 is 2.54 bits per heavy atom. The van der Waals surface area contributed by atoms with Crippen molar-refractivity contribution < 1.29 is 14.0 Å². The molecule has 1 N–H and O–H groups in total. The van der Waals surface area contributed by atoms with Crippen molar-refractivity contribution in [3.05, 3.63) is 76.2 Å². The van der Waals surface area contributed by atoms with Gasteiger partial charge in [0, 0.05) is 13.5 Å². The number of halogens is 1. The van der Waals surface area contributed by atoms with Gasteiger partial charge in [0.25, 0.3) is 11.8 Å². The summed E-state index contributed by atoms with van der Waals surface area (Å²) in [7, 11) is 1.54. The van der Waals surface area contributed by atoms with Crippen LogP contribution in [0.1, 0.15) is 29.2 Å². The molecule has 0 aliphatic carbocycles. The van der Waals surface area contributed by atoms with E-state index in [0.29, 0.717) is 11.1 Å². The summed E-state index contributed by atoms with van der Waals surface area (Å²) in [5, 5.41) is 12.1. The second-order valence-corrected chi connectivity index (χ2v) is 7.13. The van der Waals surface area contributed by atoms with E-state index >= 15 is 0 Å². The van der Waals surface area contributed by atoms with Gasteiger partial charge in [0.1, 0.15) is 17.1 Å². The molecule has 1 saturated heterocycles. The highest BCUT2D eigenvalue weighted by Crippen LogP contribution is 2.26. The van der Waals surface area contributed by atoms with Gasteiger partial charge in [0.2, 0.25) is 0 Å². The molecule has 1 unspecified atom stereocenters. The summed E-state index contributed by atoms with van der Waals surface area (Å²) < 4.78 is 13.1. The third kappa shape index (κ3) is 3.52. The molecule has 1 fully saturated rings. The molecule has 2 aromatic carbocycles. The lowest BCUT2D eigenvalue weighted by atomic mass is 9.88. The first kappa shape index (κ1) is 19.3. The van der Waals surface area contributed by atoms with Crippen LogP contribution in [0.3, 0.4) is 0 Å². The highest BCUT2D eigenvalue weighted by atomic mass is 19.1. The first-order valence-corrected chi connectivity index (χ1v) is 8.82. The standard InChI is InChI=1S/C22H20FN3O2/c1-14-5-4-6-16(13-24)18(14)11-19-20(27)25-22(2,21(28)26(19)3)12-15-7-9-17(23)10-8-15/h4-11H,12H2,1-3H3,(H,25,27). The van der Waals surface area contributed by atoms with Crippen LogP contribution in [0.2, 0.25) is 0 Å². The fraction of sp³-hybridized carbons (Fsp3) is 0.227. The maximum atomic E-state index is 13.1. The molecule has 28 heavy (non-hydrogen) atoms. The molecule has 2 aromatic rings. The minimum Gasteiger partial charge on any atom is -0.336 e. The molecule has 6 heteroatoms. The maximum Gasteiger partial charge on any atom is 0.268 e. The van der Waals surface area contributed by atoms with Gasteiger partial charge in [0.05, 0.1) is 11.6 Å². The summed E-state index contributed by atoms with van der Waals surface area (Å²) in [4.78, 5) is 27.2. The molecule has 0 bridgehead atoms. The predicted molar refractivity (Wildman–Crippen MR) is 103 cm³/mol. The van der Waals surface area contributed by atoms with Crippen molar-refractivity contribution in [2.75, 3.05) is 7.05 Å². The van der Waals surface area contributed by atoms with Crippen LogP contribution in [-0.4, -0.2) is 29.3 Å². The Morgan fingerprint density at radius 2 is 1.89 bits per heavy atom. The number of hydrogen-bond acceptors (Lipinski definition) is 3. The normalized spacial score (nSPS) is 20.8. The minimum absolute atomic E-state index is 0.174. The van der Waals surface area contributed by atoms with Gasteiger partial charge in [0.15, 0.2) is 0 Å². The number of hydrogen-bond donors (Lipinski definition) is 1. The SMILES string of the molecule is Cc1cccc(C#N)c1C=C1C(=O)NC(C)(Cc2ccc(F)cc2)C(=O)N1C. The van der Waals surface area contributed by atoms with Crippen LogP contribution >= 0.6 is 0 Å². The fourth-order valence-corrected chi connectivity index (χ4v) is 3.40. The van der Waals surface area contributed by atoms with E-state index in [1.807, 2.05) is 13.0 Å². The van der Waals surface area contributed by atoms with Crippen LogP contribution in [0.5, 0.6) is 0 Å². The smallest absolute Gasteiger partial charge is 0.268 e. The Kier molecular flexibility index (Phi) is 5.02. The van der Waals surface area contributed by atoms with Gasteiger partial charge in [-0.1, -0.05) is 24.3 Å². The van der Waals surface area contributed by atoms with Gasteiger partial charge in [-0.15, -0.1) is 0 Å². The monoisotopic (exact) mass is 377 g/mol. The largest absolute Gasteiger partial charge is 0.336 e. The second kappa shape index (κ2) is 7.28. The van der Waals surface area contributed by atoms with E-state index in [0.717, 1.165) is 11.1 Å². The van der Waals surface area contributed by atoms with Gasteiger partial charge < -0.3 is 10.2 Å². The first-order valence-electron chi connectivity index (χ1n) is 8.82. The molecule has 0 radical (unpaired) electrons. The van der Waals surface area contributed by atoms with Crippen LogP contribution in [0, 0.1) is 24.1 Å². The Bertz CT molecular complexity index is 1020. The molecule has 1 atom stereocenters. The van der Waals surface area contributed by atoms with E-state index in [1.165, 1.54) is 17.0 Å². The second-order valence-electron chi connectivity index (χ2n) is 7.13. The van der Waals surface area contributed by atoms with E-state index in [9.17, 15) is 19.2 Å². The van der Waals surface area contributed by atoms with Gasteiger partial charge >= 0.3 is 0 Å². The third-order valence-electron chi connectivity index (χ3n) is 4.96. The van der Waals surface area contributed by atoms with E-state index in [1.54, 1.807) is 44.3 Å². The van der Waals surface area contributed by atoms with Crippen LogP contribution in [-0.2, 0) is 16.0 Å². The van der Waals surface area contributed by atoms with Gasteiger partial charge in [-0.25, -0.2) is 4.39 Å². The number of benzene rings is 2. The molecule has 1 aliphatic heterocycles. The molecular formula is C22H20FN3O2. The lowest BCUT2D eigenvalue weighted by Crippen LogP contribution is -2.64. The number of carbonyl (C=O) groups is 2. The number of amides is 2. The van der Waals surface area contributed by atoms with E-state index in [4.69, 9.17) is 0 Å². The highest BCUT2D eigenvalue weighted by Gasteiger charge is 2.44. The minimum atomic E-state index is -1.15. The summed E-state index contributed by atoms with van der Waals surface area (Å²) in [5.74, 6) is -1.05. The molecular weight excluding hydrogens is 357 g/mol. The summed E-state index contributed by atoms with van der Waals surface area (Å²) in [6.07, 6.45) is 1.81. The third-order valence-corrected chi connectivity index (χ3v) is 4.96. The van der Waals surface area contributed by atoms with Gasteiger partial charge in [-0.05, 0) is 54.8 Å². The zero-order valence-corrected chi connectivity index (χ0v) is 15.9. The Labute approximate surface area is 163 Å². The number of rotatable bonds is 3. The van der Waals surface area contributed by atoms with Crippen molar-refractivity contribution in [2.45, 2.75) is 25.8 Å². The van der Waals surface area contributed by atoms with Crippen molar-refractivity contribution in [1.82, 2.24) is 10.2 Å². The molecule has 0 aromatic heterocycles. The number of nitriles is 1. The van der Waals surface area contributed by atoms with Gasteiger partial charge in [-0.3, -0.25) is 9.59 Å². The number of carbonyl (C=O) groups excluding carboxylic acids is 2. The van der Waals surface area contributed by atoms with Crippen molar-refractivity contribution >= 4 is 17.9 Å². The Hall–Kier alpha value is -3.46. The molecule has 1 heterocycles. The summed E-state index contributed by atoms with van der Waals surface area (Å²) in [6.45, 7) is 3.49. The van der Waals surface area contributed by atoms with Gasteiger partial charge in [-0.2, -0.15) is 5.26 Å². The van der Waals surface area contributed by atoms with Crippen molar-refractivity contribution in [2.24, 2.45) is 0 Å². The molecule has 0 spiro atoms. The van der Waals surface area contributed by atoms with E-state index < -0.39 is 11.4 Å². The van der Waals surface area contributed by atoms with E-state index in [-0.39, 0.29) is 23.8 Å². The fourth-order valence-electron chi connectivity index (χ4n) is 3.40. The lowest BCUT2D eigenvalue weighted by molar-refractivity contribution is -0.143. The summed E-state index contributed by atoms with van der Waals surface area (Å²) in [6, 6.07) is 13.2. The van der Waals surface area contributed by atoms with Crippen molar-refractivity contribution in [1.29, 1.82) is 5.26 Å². The molecule has 142 valence electrons. The van der Waals surface area contributed by atoms with Crippen LogP contribution in [0.4, 0.5) is 4.39 Å². The number of aryl methyl sites for hydroxylation is 1. The van der Waals surface area contributed by atoms with Crippen molar-refractivity contribution in [3.63, 3.8) is 0 Å². The summed E-state index contributed by atoms with van der Waals surface area (Å²) >= 11 is 0. The number of nitrogens with one attached hydrogen (secondary N) is 1. The summed E-state index contributed by atoms with van der Waals surface area (Å²) in [5.41, 5.74) is 1.64. The molecule has 0 saturated carbocycles. The predicted octanol–water partition coefficient (Wildman–Crippen LogP) is 2.94. The number of nitrogens with zero attached hydrogens (tertiary/aromatic N) is 2. The number of piperazine rings is 1. The average molecular weight is 377 g/mol. The van der Waals surface area contributed by atoms with Crippen LogP contribution in [0.15, 0.2) is 48.2 Å². The lowest BCUT2D eigenvalue weighted by Gasteiger charge is -2.39. The molecule has 1 aliphatic rings. The highest BCUT2D eigenvalue weighted by molar-refractivity contribution is 6.09. The van der Waals surface area contributed by atoms with E-state index in [2.05, 4.69) is 11.4 Å². The number of likely N-dealkylation sites (N-methyl/N-ethyl adjacent to an activating group) is 1. The molecule has 2 amide bonds. The maximum absolute atomic E-state index is 13.1. The topological polar surface area (TPSA) is 73.2 Å². The Balaban J connectivity index is 1.95. The molecule has 3 rings (SSSR count). The van der Waals surface area contributed by atoms with Crippen molar-refractivity contribution in [3.8, 4) is 6.07 Å².